The lowest BCUT2D eigenvalue weighted by Gasteiger charge is -2.17. The molecular formula is C12H12BrN3OS. The van der Waals surface area contributed by atoms with Gasteiger partial charge in [-0.3, -0.25) is 4.79 Å². The number of thiazole rings is 1. The summed E-state index contributed by atoms with van der Waals surface area (Å²) in [5, 5.41) is 1.93. The lowest BCUT2D eigenvalue weighted by Crippen LogP contribution is -2.26. The number of nitrogens with two attached hydrogens (primary N) is 1. The Bertz CT molecular complexity index is 556. The van der Waals surface area contributed by atoms with Crippen LogP contribution in [0.2, 0.25) is 0 Å². The molecule has 2 aromatic rings. The number of nitrogen functional groups attached to an aromatic ring is 1. The van der Waals surface area contributed by atoms with Crippen molar-refractivity contribution in [1.82, 2.24) is 9.88 Å². The highest BCUT2D eigenvalue weighted by molar-refractivity contribution is 9.10. The molecule has 1 aromatic carbocycles. The van der Waals surface area contributed by atoms with Gasteiger partial charge >= 0.3 is 0 Å². The van der Waals surface area contributed by atoms with E-state index in [0.29, 0.717) is 22.3 Å². The second kappa shape index (κ2) is 5.49. The van der Waals surface area contributed by atoms with Crippen LogP contribution in [0, 0.1) is 0 Å². The van der Waals surface area contributed by atoms with Crippen molar-refractivity contribution in [2.24, 2.45) is 0 Å². The van der Waals surface area contributed by atoms with Crippen LogP contribution in [0.3, 0.4) is 0 Å². The van der Waals surface area contributed by atoms with Crippen LogP contribution >= 0.6 is 27.3 Å². The predicted molar refractivity (Wildman–Crippen MR) is 76.5 cm³/mol. The van der Waals surface area contributed by atoms with E-state index in [1.165, 1.54) is 11.3 Å². The minimum absolute atomic E-state index is 0.0813. The normalized spacial score (nSPS) is 10.3. The van der Waals surface area contributed by atoms with Crippen LogP contribution in [0.25, 0.3) is 0 Å². The second-order valence-electron chi connectivity index (χ2n) is 3.85. The monoisotopic (exact) mass is 325 g/mol. The SMILES string of the molecule is CN(Cc1cscn1)C(=O)c1cccc(N)c1Br. The van der Waals surface area contributed by atoms with Crippen molar-refractivity contribution in [3.63, 3.8) is 0 Å². The third kappa shape index (κ3) is 2.70. The maximum atomic E-state index is 12.3. The summed E-state index contributed by atoms with van der Waals surface area (Å²) in [5.74, 6) is -0.0813. The van der Waals surface area contributed by atoms with Crippen LogP contribution in [0.1, 0.15) is 16.1 Å². The van der Waals surface area contributed by atoms with Gasteiger partial charge in [-0.2, -0.15) is 0 Å². The molecule has 1 heterocycles. The fourth-order valence-corrected chi connectivity index (χ4v) is 2.53. The van der Waals surface area contributed by atoms with Gasteiger partial charge < -0.3 is 10.6 Å². The van der Waals surface area contributed by atoms with Crippen molar-refractivity contribution in [3.8, 4) is 0 Å². The molecule has 1 aromatic heterocycles. The van der Waals surface area contributed by atoms with Gasteiger partial charge in [0.05, 0.1) is 27.8 Å². The van der Waals surface area contributed by atoms with E-state index in [1.54, 1.807) is 35.7 Å². The minimum Gasteiger partial charge on any atom is -0.398 e. The first-order valence-electron chi connectivity index (χ1n) is 5.26. The zero-order valence-corrected chi connectivity index (χ0v) is 12.2. The van der Waals surface area contributed by atoms with Gasteiger partial charge in [0.15, 0.2) is 0 Å². The van der Waals surface area contributed by atoms with E-state index in [-0.39, 0.29) is 5.91 Å². The molecule has 1 amide bonds. The van der Waals surface area contributed by atoms with Crippen molar-refractivity contribution in [2.45, 2.75) is 6.54 Å². The topological polar surface area (TPSA) is 59.2 Å². The van der Waals surface area contributed by atoms with Crippen molar-refractivity contribution in [1.29, 1.82) is 0 Å². The Morgan fingerprint density at radius 1 is 1.56 bits per heavy atom. The standard InChI is InChI=1S/C12H12BrN3OS/c1-16(5-8-6-18-7-15-8)12(17)9-3-2-4-10(14)11(9)13/h2-4,6-7H,5,14H2,1H3. The number of carbonyl (C=O) groups is 1. The van der Waals surface area contributed by atoms with Gasteiger partial charge in [0.25, 0.3) is 5.91 Å². The van der Waals surface area contributed by atoms with E-state index < -0.39 is 0 Å². The smallest absolute Gasteiger partial charge is 0.255 e. The van der Waals surface area contributed by atoms with E-state index in [2.05, 4.69) is 20.9 Å². The molecule has 4 nitrogen and oxygen atoms in total. The van der Waals surface area contributed by atoms with Gasteiger partial charge in [0.2, 0.25) is 0 Å². The summed E-state index contributed by atoms with van der Waals surface area (Å²) in [5.41, 5.74) is 9.53. The lowest BCUT2D eigenvalue weighted by molar-refractivity contribution is 0.0783. The molecule has 0 saturated heterocycles. The van der Waals surface area contributed by atoms with Crippen molar-refractivity contribution in [3.05, 3.63) is 44.8 Å². The highest BCUT2D eigenvalue weighted by Gasteiger charge is 2.16. The molecular weight excluding hydrogens is 314 g/mol. The quantitative estimate of drug-likeness (QED) is 0.883. The molecule has 0 fully saturated rings. The van der Waals surface area contributed by atoms with Crippen LogP contribution in [0.15, 0.2) is 33.6 Å². The number of halogens is 1. The zero-order valence-electron chi connectivity index (χ0n) is 9.76. The van der Waals surface area contributed by atoms with Crippen LogP contribution in [0.4, 0.5) is 5.69 Å². The maximum Gasteiger partial charge on any atom is 0.255 e. The Hall–Kier alpha value is -1.40. The lowest BCUT2D eigenvalue weighted by atomic mass is 10.2. The largest absolute Gasteiger partial charge is 0.398 e. The molecule has 0 aliphatic carbocycles. The number of benzene rings is 1. The fourth-order valence-electron chi connectivity index (χ4n) is 1.55. The third-order valence-electron chi connectivity index (χ3n) is 2.49. The average Bonchev–Trinajstić information content (AvgIpc) is 2.84. The van der Waals surface area contributed by atoms with Gasteiger partial charge in [-0.05, 0) is 28.1 Å². The summed E-state index contributed by atoms with van der Waals surface area (Å²) >= 11 is 4.86. The van der Waals surface area contributed by atoms with Crippen molar-refractivity contribution in [2.75, 3.05) is 12.8 Å². The molecule has 18 heavy (non-hydrogen) atoms. The molecule has 0 spiro atoms. The number of aromatic nitrogens is 1. The molecule has 6 heteroatoms. The third-order valence-corrected chi connectivity index (χ3v) is 4.01. The summed E-state index contributed by atoms with van der Waals surface area (Å²) in [4.78, 5) is 18.0. The molecule has 94 valence electrons. The molecule has 2 rings (SSSR count). The molecule has 0 atom stereocenters. The van der Waals surface area contributed by atoms with E-state index in [0.717, 1.165) is 5.69 Å². The summed E-state index contributed by atoms with van der Waals surface area (Å²) in [6, 6.07) is 5.27. The number of hydrogen-bond donors (Lipinski definition) is 1. The Morgan fingerprint density at radius 3 is 3.00 bits per heavy atom. The van der Waals surface area contributed by atoms with Gasteiger partial charge in [-0.15, -0.1) is 11.3 Å². The van der Waals surface area contributed by atoms with Gasteiger partial charge in [-0.25, -0.2) is 4.98 Å². The number of anilines is 1. The van der Waals surface area contributed by atoms with E-state index in [4.69, 9.17) is 5.73 Å². The maximum absolute atomic E-state index is 12.3. The van der Waals surface area contributed by atoms with Gasteiger partial charge in [0.1, 0.15) is 0 Å². The number of hydrogen-bond acceptors (Lipinski definition) is 4. The average molecular weight is 326 g/mol. The number of nitrogens with zero attached hydrogens (tertiary/aromatic N) is 2. The Kier molecular flexibility index (Phi) is 3.98. The molecule has 0 unspecified atom stereocenters. The second-order valence-corrected chi connectivity index (χ2v) is 5.36. The van der Waals surface area contributed by atoms with Crippen molar-refractivity contribution >= 4 is 38.9 Å². The Labute approximate surface area is 118 Å². The summed E-state index contributed by atoms with van der Waals surface area (Å²) in [6.45, 7) is 0.490. The van der Waals surface area contributed by atoms with E-state index >= 15 is 0 Å². The Morgan fingerprint density at radius 2 is 2.33 bits per heavy atom. The highest BCUT2D eigenvalue weighted by atomic mass is 79.9. The molecule has 2 N–H and O–H groups in total. The molecule has 0 bridgehead atoms. The van der Waals surface area contributed by atoms with Crippen molar-refractivity contribution < 1.29 is 4.79 Å². The number of carbonyl (C=O) groups excluding carboxylic acids is 1. The fraction of sp³-hybridized carbons (Fsp3) is 0.167. The summed E-state index contributed by atoms with van der Waals surface area (Å²) in [6.07, 6.45) is 0. The highest BCUT2D eigenvalue weighted by Crippen LogP contribution is 2.25. The Balaban J connectivity index is 2.18. The molecule has 0 radical (unpaired) electrons. The van der Waals surface area contributed by atoms with E-state index in [1.807, 2.05) is 5.38 Å². The van der Waals surface area contributed by atoms with Crippen LogP contribution in [-0.2, 0) is 6.54 Å². The minimum atomic E-state index is -0.0813. The first-order chi connectivity index (χ1) is 8.59. The van der Waals surface area contributed by atoms with Gasteiger partial charge in [-0.1, -0.05) is 6.07 Å². The zero-order chi connectivity index (χ0) is 13.1. The predicted octanol–water partition coefficient (Wildman–Crippen LogP) is 2.76. The first kappa shape index (κ1) is 13.0. The summed E-state index contributed by atoms with van der Waals surface area (Å²) < 4.78 is 0.639. The van der Waals surface area contributed by atoms with E-state index in [9.17, 15) is 4.79 Å². The number of rotatable bonds is 3. The number of amides is 1. The molecule has 0 aliphatic heterocycles. The molecule has 0 aliphatic rings. The summed E-state index contributed by atoms with van der Waals surface area (Å²) in [7, 11) is 1.75. The van der Waals surface area contributed by atoms with Crippen LogP contribution in [-0.4, -0.2) is 22.8 Å². The molecule has 0 saturated carbocycles. The van der Waals surface area contributed by atoms with Crippen LogP contribution < -0.4 is 5.73 Å². The van der Waals surface area contributed by atoms with Gasteiger partial charge in [0, 0.05) is 18.1 Å². The van der Waals surface area contributed by atoms with Crippen LogP contribution in [0.5, 0.6) is 0 Å². The first-order valence-corrected chi connectivity index (χ1v) is 6.99.